The van der Waals surface area contributed by atoms with Crippen LogP contribution < -0.4 is 5.32 Å². The van der Waals surface area contributed by atoms with Gasteiger partial charge in [0.15, 0.2) is 0 Å². The highest BCUT2D eigenvalue weighted by atomic mass is 16.2. The molecule has 2 saturated heterocycles. The number of imide groups is 1. The lowest BCUT2D eigenvalue weighted by atomic mass is 9.74. The standard InChI is InChI=1S/C19H23N3O4/c1-3-22-17(25)11-19(18(22)26,14-7-5-4-6-13(14)2)10-16(24)21-9-8-20-15(23)12-21/h4-7H,3,8-12H2,1-2H3,(H,20,23). The molecule has 0 aromatic heterocycles. The van der Waals surface area contributed by atoms with Gasteiger partial charge in [0.2, 0.25) is 23.6 Å². The lowest BCUT2D eigenvalue weighted by Gasteiger charge is -2.32. The van der Waals surface area contributed by atoms with E-state index in [4.69, 9.17) is 0 Å². The minimum atomic E-state index is -1.19. The van der Waals surface area contributed by atoms with Crippen LogP contribution in [0.5, 0.6) is 0 Å². The molecule has 2 heterocycles. The second-order valence-electron chi connectivity index (χ2n) is 6.86. The number of likely N-dealkylation sites (N-methyl/N-ethyl adjacent to an activating group) is 1. The van der Waals surface area contributed by atoms with Crippen LogP contribution in [0, 0.1) is 6.92 Å². The first-order valence-corrected chi connectivity index (χ1v) is 8.84. The van der Waals surface area contributed by atoms with Gasteiger partial charge < -0.3 is 10.2 Å². The first kappa shape index (κ1) is 18.1. The summed E-state index contributed by atoms with van der Waals surface area (Å²) < 4.78 is 0. The van der Waals surface area contributed by atoms with Gasteiger partial charge in [-0.15, -0.1) is 0 Å². The fourth-order valence-electron chi connectivity index (χ4n) is 3.90. The number of hydrogen-bond acceptors (Lipinski definition) is 4. The van der Waals surface area contributed by atoms with Gasteiger partial charge in [0, 0.05) is 32.5 Å². The molecule has 0 bridgehead atoms. The van der Waals surface area contributed by atoms with E-state index >= 15 is 0 Å². The number of piperazine rings is 1. The molecule has 2 aliphatic heterocycles. The topological polar surface area (TPSA) is 86.8 Å². The third-order valence-electron chi connectivity index (χ3n) is 5.23. The molecule has 4 amide bonds. The van der Waals surface area contributed by atoms with E-state index in [1.807, 2.05) is 31.2 Å². The first-order valence-electron chi connectivity index (χ1n) is 8.84. The molecule has 2 aliphatic rings. The van der Waals surface area contributed by atoms with Gasteiger partial charge in [-0.2, -0.15) is 0 Å². The Labute approximate surface area is 152 Å². The number of carbonyl (C=O) groups excluding carboxylic acids is 4. The molecule has 1 atom stereocenters. The predicted octanol–water partition coefficient (Wildman–Crippen LogP) is 0.360. The number of rotatable bonds is 4. The van der Waals surface area contributed by atoms with E-state index in [0.29, 0.717) is 18.7 Å². The van der Waals surface area contributed by atoms with Crippen molar-refractivity contribution >= 4 is 23.6 Å². The highest BCUT2D eigenvalue weighted by Gasteiger charge is 2.54. The van der Waals surface area contributed by atoms with Gasteiger partial charge in [-0.25, -0.2) is 0 Å². The molecule has 1 aromatic rings. The van der Waals surface area contributed by atoms with Crippen LogP contribution in [0.3, 0.4) is 0 Å². The molecule has 2 fully saturated rings. The van der Waals surface area contributed by atoms with E-state index in [-0.39, 0.29) is 49.6 Å². The average molecular weight is 357 g/mol. The number of hydrogen-bond donors (Lipinski definition) is 1. The zero-order valence-corrected chi connectivity index (χ0v) is 15.1. The van der Waals surface area contributed by atoms with Crippen LogP contribution in [-0.4, -0.2) is 59.6 Å². The van der Waals surface area contributed by atoms with Gasteiger partial charge in [-0.05, 0) is 25.0 Å². The Morgan fingerprint density at radius 3 is 2.58 bits per heavy atom. The molecule has 1 aromatic carbocycles. The lowest BCUT2D eigenvalue weighted by molar-refractivity contribution is -0.143. The van der Waals surface area contributed by atoms with Crippen LogP contribution in [0.15, 0.2) is 24.3 Å². The monoisotopic (exact) mass is 357 g/mol. The molecule has 0 aliphatic carbocycles. The van der Waals surface area contributed by atoms with Crippen LogP contribution in [-0.2, 0) is 24.6 Å². The minimum Gasteiger partial charge on any atom is -0.353 e. The van der Waals surface area contributed by atoms with Crippen LogP contribution >= 0.6 is 0 Å². The maximum absolute atomic E-state index is 13.2. The summed E-state index contributed by atoms with van der Waals surface area (Å²) in [5.41, 5.74) is 0.392. The van der Waals surface area contributed by atoms with Crippen molar-refractivity contribution in [2.75, 3.05) is 26.2 Å². The highest BCUT2D eigenvalue weighted by molar-refractivity contribution is 6.11. The van der Waals surface area contributed by atoms with Gasteiger partial charge in [0.1, 0.15) is 0 Å². The molecular formula is C19H23N3O4. The van der Waals surface area contributed by atoms with E-state index < -0.39 is 5.41 Å². The molecule has 0 saturated carbocycles. The quantitative estimate of drug-likeness (QED) is 0.789. The van der Waals surface area contributed by atoms with E-state index in [9.17, 15) is 19.2 Å². The second-order valence-corrected chi connectivity index (χ2v) is 6.86. The largest absolute Gasteiger partial charge is 0.353 e. The highest BCUT2D eigenvalue weighted by Crippen LogP contribution is 2.41. The van der Waals surface area contributed by atoms with Gasteiger partial charge in [-0.3, -0.25) is 24.1 Å². The first-order chi connectivity index (χ1) is 12.4. The average Bonchev–Trinajstić information content (AvgIpc) is 2.85. The van der Waals surface area contributed by atoms with E-state index in [2.05, 4.69) is 5.32 Å². The Bertz CT molecular complexity index is 776. The molecule has 1 N–H and O–H groups in total. The van der Waals surface area contributed by atoms with Crippen LogP contribution in [0.2, 0.25) is 0 Å². The molecule has 3 rings (SSSR count). The van der Waals surface area contributed by atoms with Crippen molar-refractivity contribution in [2.24, 2.45) is 0 Å². The number of carbonyl (C=O) groups is 4. The number of nitrogens with one attached hydrogen (secondary N) is 1. The summed E-state index contributed by atoms with van der Waals surface area (Å²) in [7, 11) is 0. The maximum atomic E-state index is 13.2. The normalized spacial score (nSPS) is 23.4. The van der Waals surface area contributed by atoms with Crippen LogP contribution in [0.4, 0.5) is 0 Å². The fraction of sp³-hybridized carbons (Fsp3) is 0.474. The minimum absolute atomic E-state index is 0.0116. The molecule has 1 unspecified atom stereocenters. The number of benzene rings is 1. The Morgan fingerprint density at radius 2 is 1.96 bits per heavy atom. The van der Waals surface area contributed by atoms with Crippen molar-refractivity contribution in [1.29, 1.82) is 0 Å². The molecule has 7 nitrogen and oxygen atoms in total. The van der Waals surface area contributed by atoms with Crippen LogP contribution in [0.25, 0.3) is 0 Å². The molecule has 0 spiro atoms. The summed E-state index contributed by atoms with van der Waals surface area (Å²) in [6.45, 7) is 4.71. The van der Waals surface area contributed by atoms with Crippen molar-refractivity contribution in [3.8, 4) is 0 Å². The van der Waals surface area contributed by atoms with E-state index in [1.54, 1.807) is 6.92 Å². The number of amides is 4. The number of aryl methyl sites for hydroxylation is 1. The summed E-state index contributed by atoms with van der Waals surface area (Å²) in [6.07, 6.45) is -0.123. The number of nitrogens with zero attached hydrogens (tertiary/aromatic N) is 2. The van der Waals surface area contributed by atoms with E-state index in [1.165, 1.54) is 9.80 Å². The van der Waals surface area contributed by atoms with Crippen molar-refractivity contribution in [1.82, 2.24) is 15.1 Å². The molecule has 26 heavy (non-hydrogen) atoms. The SMILES string of the molecule is CCN1C(=O)CC(CC(=O)N2CCNC(=O)C2)(c2ccccc2C)C1=O. The second kappa shape index (κ2) is 6.90. The Balaban J connectivity index is 1.98. The Morgan fingerprint density at radius 1 is 1.23 bits per heavy atom. The summed E-state index contributed by atoms with van der Waals surface area (Å²) in [4.78, 5) is 52.8. The lowest BCUT2D eigenvalue weighted by Crippen LogP contribution is -2.52. The fourth-order valence-corrected chi connectivity index (χ4v) is 3.90. The summed E-state index contributed by atoms with van der Waals surface area (Å²) in [5, 5.41) is 2.68. The zero-order valence-electron chi connectivity index (χ0n) is 15.1. The Hall–Kier alpha value is -2.70. The van der Waals surface area contributed by atoms with Gasteiger partial charge >= 0.3 is 0 Å². The maximum Gasteiger partial charge on any atom is 0.240 e. The molecule has 0 radical (unpaired) electrons. The summed E-state index contributed by atoms with van der Waals surface area (Å²) in [5.74, 6) is -1.07. The van der Waals surface area contributed by atoms with Crippen LogP contribution in [0.1, 0.15) is 30.9 Å². The smallest absolute Gasteiger partial charge is 0.240 e. The van der Waals surface area contributed by atoms with Gasteiger partial charge in [-0.1, -0.05) is 24.3 Å². The predicted molar refractivity (Wildman–Crippen MR) is 94.1 cm³/mol. The van der Waals surface area contributed by atoms with Crippen molar-refractivity contribution < 1.29 is 19.2 Å². The summed E-state index contributed by atoms with van der Waals surface area (Å²) in [6, 6.07) is 7.37. The third kappa shape index (κ3) is 2.98. The molecule has 138 valence electrons. The third-order valence-corrected chi connectivity index (χ3v) is 5.23. The zero-order chi connectivity index (χ0) is 18.9. The van der Waals surface area contributed by atoms with E-state index in [0.717, 1.165) is 5.56 Å². The van der Waals surface area contributed by atoms with Gasteiger partial charge in [0.05, 0.1) is 12.0 Å². The number of likely N-dealkylation sites (tertiary alicyclic amines) is 1. The molecular weight excluding hydrogens is 334 g/mol. The van der Waals surface area contributed by atoms with Crippen molar-refractivity contribution in [3.63, 3.8) is 0 Å². The summed E-state index contributed by atoms with van der Waals surface area (Å²) >= 11 is 0. The van der Waals surface area contributed by atoms with Gasteiger partial charge in [0.25, 0.3) is 0 Å². The van der Waals surface area contributed by atoms with Crippen molar-refractivity contribution in [3.05, 3.63) is 35.4 Å². The van der Waals surface area contributed by atoms with Crippen molar-refractivity contribution in [2.45, 2.75) is 32.1 Å². The molecule has 7 heteroatoms. The Kier molecular flexibility index (Phi) is 4.80.